The van der Waals surface area contributed by atoms with Crippen molar-refractivity contribution in [3.05, 3.63) is 52.3 Å². The van der Waals surface area contributed by atoms with Crippen molar-refractivity contribution in [2.24, 2.45) is 0 Å². The number of carbonyl (C=O) groups is 1. The lowest BCUT2D eigenvalue weighted by Crippen LogP contribution is -2.29. The molecular weight excluding hydrogens is 334 g/mol. The molecule has 1 unspecified atom stereocenters. The number of benzene rings is 1. The number of aromatic nitrogens is 2. The topological polar surface area (TPSA) is 46.9 Å². The van der Waals surface area contributed by atoms with Gasteiger partial charge in [0.05, 0.1) is 11.6 Å². The van der Waals surface area contributed by atoms with Gasteiger partial charge in [-0.05, 0) is 63.8 Å². The number of rotatable bonds is 5. The van der Waals surface area contributed by atoms with Gasteiger partial charge in [-0.25, -0.2) is 0 Å². The fourth-order valence-electron chi connectivity index (χ4n) is 3.06. The number of halogens is 1. The maximum atomic E-state index is 12.8. The average molecular weight is 360 g/mol. The average Bonchev–Trinajstić information content (AvgIpc) is 3.30. The van der Waals surface area contributed by atoms with Gasteiger partial charge in [-0.1, -0.05) is 30.7 Å². The van der Waals surface area contributed by atoms with Crippen LogP contribution in [0.3, 0.4) is 0 Å². The smallest absolute Gasteiger partial charge is 0.272 e. The monoisotopic (exact) mass is 359 g/mol. The highest BCUT2D eigenvalue weighted by molar-refractivity contribution is 6.30. The van der Waals surface area contributed by atoms with Gasteiger partial charge in [0.25, 0.3) is 5.91 Å². The van der Waals surface area contributed by atoms with Crippen LogP contribution in [-0.4, -0.2) is 15.7 Å². The standard InChI is InChI=1S/C20H26ClN3O/c1-5-16(13-8-10-15(21)11-9-13)22-19(25)17-12-18(14-6-7-14)24(23-17)20(2,3)4/h8-12,14,16H,5-7H2,1-4H3,(H,22,25). The Morgan fingerprint density at radius 3 is 2.48 bits per heavy atom. The molecule has 1 aromatic heterocycles. The highest BCUT2D eigenvalue weighted by Gasteiger charge is 2.32. The summed E-state index contributed by atoms with van der Waals surface area (Å²) in [4.78, 5) is 12.8. The van der Waals surface area contributed by atoms with Crippen LogP contribution in [0.2, 0.25) is 5.02 Å². The molecule has 0 radical (unpaired) electrons. The zero-order valence-corrected chi connectivity index (χ0v) is 16.1. The molecule has 0 spiro atoms. The Bertz CT molecular complexity index is 754. The molecule has 1 heterocycles. The van der Waals surface area contributed by atoms with E-state index in [9.17, 15) is 4.79 Å². The van der Waals surface area contributed by atoms with E-state index < -0.39 is 0 Å². The van der Waals surface area contributed by atoms with Gasteiger partial charge in [0.15, 0.2) is 0 Å². The van der Waals surface area contributed by atoms with Gasteiger partial charge < -0.3 is 5.32 Å². The first-order valence-corrected chi connectivity index (χ1v) is 9.34. The highest BCUT2D eigenvalue weighted by atomic mass is 35.5. The molecule has 5 heteroatoms. The Kier molecular flexibility index (Phi) is 4.92. The van der Waals surface area contributed by atoms with Crippen molar-refractivity contribution >= 4 is 17.5 Å². The normalized spacial score (nSPS) is 15.9. The molecule has 134 valence electrons. The lowest BCUT2D eigenvalue weighted by molar-refractivity contribution is 0.0929. The van der Waals surface area contributed by atoms with E-state index in [0.717, 1.165) is 12.0 Å². The second kappa shape index (κ2) is 6.83. The molecule has 1 N–H and O–H groups in total. The maximum Gasteiger partial charge on any atom is 0.272 e. The van der Waals surface area contributed by atoms with Crippen LogP contribution in [0, 0.1) is 0 Å². The first-order chi connectivity index (χ1) is 11.8. The molecule has 25 heavy (non-hydrogen) atoms. The van der Waals surface area contributed by atoms with Crippen LogP contribution in [-0.2, 0) is 5.54 Å². The first-order valence-electron chi connectivity index (χ1n) is 8.96. The lowest BCUT2D eigenvalue weighted by Gasteiger charge is -2.22. The zero-order valence-electron chi connectivity index (χ0n) is 15.3. The van der Waals surface area contributed by atoms with Crippen LogP contribution in [0.1, 0.15) is 80.7 Å². The summed E-state index contributed by atoms with van der Waals surface area (Å²) in [6.45, 7) is 8.42. The van der Waals surface area contributed by atoms with Crippen molar-refractivity contribution in [2.45, 2.75) is 64.5 Å². The SMILES string of the molecule is CCC(NC(=O)c1cc(C2CC2)n(C(C)(C)C)n1)c1ccc(Cl)cc1. The molecular formula is C20H26ClN3O. The summed E-state index contributed by atoms with van der Waals surface area (Å²) in [6.07, 6.45) is 3.18. The van der Waals surface area contributed by atoms with Gasteiger partial charge in [0.2, 0.25) is 0 Å². The molecule has 0 aliphatic heterocycles. The largest absolute Gasteiger partial charge is 0.344 e. The molecule has 1 fully saturated rings. The fraction of sp³-hybridized carbons (Fsp3) is 0.500. The molecule has 1 aromatic carbocycles. The minimum absolute atomic E-state index is 0.0473. The summed E-state index contributed by atoms with van der Waals surface area (Å²) in [6, 6.07) is 9.54. The molecule has 3 rings (SSSR count). The van der Waals surface area contributed by atoms with E-state index in [1.165, 1.54) is 18.5 Å². The number of hydrogen-bond acceptors (Lipinski definition) is 2. The summed E-state index contributed by atoms with van der Waals surface area (Å²) < 4.78 is 2.02. The summed E-state index contributed by atoms with van der Waals surface area (Å²) >= 11 is 5.96. The summed E-state index contributed by atoms with van der Waals surface area (Å²) in [5.41, 5.74) is 2.61. The molecule has 4 nitrogen and oxygen atoms in total. The summed E-state index contributed by atoms with van der Waals surface area (Å²) in [5.74, 6) is 0.429. The molecule has 0 saturated heterocycles. The van der Waals surface area contributed by atoms with E-state index >= 15 is 0 Å². The second-order valence-electron chi connectivity index (χ2n) is 7.80. The summed E-state index contributed by atoms with van der Waals surface area (Å²) in [5, 5.41) is 8.43. The Labute approximate surface area is 154 Å². The fourth-order valence-corrected chi connectivity index (χ4v) is 3.19. The quantitative estimate of drug-likeness (QED) is 0.811. The number of carbonyl (C=O) groups excluding carboxylic acids is 1. The molecule has 0 bridgehead atoms. The van der Waals surface area contributed by atoms with Crippen LogP contribution in [0.15, 0.2) is 30.3 Å². The molecule has 1 aliphatic rings. The minimum Gasteiger partial charge on any atom is -0.344 e. The van der Waals surface area contributed by atoms with Crippen molar-refractivity contribution < 1.29 is 4.79 Å². The van der Waals surface area contributed by atoms with Crippen LogP contribution >= 0.6 is 11.6 Å². The van der Waals surface area contributed by atoms with Crippen LogP contribution in [0.25, 0.3) is 0 Å². The van der Waals surface area contributed by atoms with E-state index in [4.69, 9.17) is 11.6 Å². The molecule has 2 aromatic rings. The van der Waals surface area contributed by atoms with Gasteiger partial charge in [-0.2, -0.15) is 5.10 Å². The Hall–Kier alpha value is -1.81. The van der Waals surface area contributed by atoms with Gasteiger partial charge in [-0.3, -0.25) is 9.48 Å². The van der Waals surface area contributed by atoms with Gasteiger partial charge >= 0.3 is 0 Å². The predicted octanol–water partition coefficient (Wildman–Crippen LogP) is 5.05. The third-order valence-corrected chi connectivity index (χ3v) is 4.84. The van der Waals surface area contributed by atoms with E-state index in [-0.39, 0.29) is 17.5 Å². The van der Waals surface area contributed by atoms with Crippen LogP contribution in [0.4, 0.5) is 0 Å². The third-order valence-electron chi connectivity index (χ3n) is 4.59. The number of nitrogens with zero attached hydrogens (tertiary/aromatic N) is 2. The number of amides is 1. The number of hydrogen-bond donors (Lipinski definition) is 1. The van der Waals surface area contributed by atoms with Crippen molar-refractivity contribution in [1.82, 2.24) is 15.1 Å². The van der Waals surface area contributed by atoms with E-state index in [1.807, 2.05) is 35.0 Å². The van der Waals surface area contributed by atoms with Gasteiger partial charge in [0, 0.05) is 16.6 Å². The maximum absolute atomic E-state index is 12.8. The second-order valence-corrected chi connectivity index (χ2v) is 8.23. The number of nitrogens with one attached hydrogen (secondary N) is 1. The molecule has 1 atom stereocenters. The van der Waals surface area contributed by atoms with Crippen LogP contribution in [0.5, 0.6) is 0 Å². The van der Waals surface area contributed by atoms with Crippen molar-refractivity contribution in [1.29, 1.82) is 0 Å². The highest BCUT2D eigenvalue weighted by Crippen LogP contribution is 2.41. The molecule has 1 amide bonds. The van der Waals surface area contributed by atoms with Crippen molar-refractivity contribution in [2.75, 3.05) is 0 Å². The van der Waals surface area contributed by atoms with Crippen LogP contribution < -0.4 is 5.32 Å². The van der Waals surface area contributed by atoms with E-state index in [0.29, 0.717) is 16.6 Å². The Balaban J connectivity index is 1.81. The van der Waals surface area contributed by atoms with Gasteiger partial charge in [0.1, 0.15) is 5.69 Å². The third kappa shape index (κ3) is 4.06. The van der Waals surface area contributed by atoms with E-state index in [2.05, 4.69) is 38.1 Å². The van der Waals surface area contributed by atoms with Gasteiger partial charge in [-0.15, -0.1) is 0 Å². The van der Waals surface area contributed by atoms with Crippen molar-refractivity contribution in [3.8, 4) is 0 Å². The zero-order chi connectivity index (χ0) is 18.2. The Morgan fingerprint density at radius 1 is 1.32 bits per heavy atom. The summed E-state index contributed by atoms with van der Waals surface area (Å²) in [7, 11) is 0. The molecule has 1 aliphatic carbocycles. The minimum atomic E-state index is -0.128. The molecule has 1 saturated carbocycles. The van der Waals surface area contributed by atoms with Crippen molar-refractivity contribution in [3.63, 3.8) is 0 Å². The lowest BCUT2D eigenvalue weighted by atomic mass is 10.0. The first kappa shape index (κ1) is 18.0. The Morgan fingerprint density at radius 2 is 1.96 bits per heavy atom. The van der Waals surface area contributed by atoms with E-state index in [1.54, 1.807) is 0 Å². The predicted molar refractivity (Wildman–Crippen MR) is 101 cm³/mol.